The first-order valence-corrected chi connectivity index (χ1v) is 18.7. The largest absolute Gasteiger partial charge is 0.418 e. The predicted molar refractivity (Wildman–Crippen MR) is 189 cm³/mol. The number of nitrogens with zero attached hydrogens (tertiary/aromatic N) is 6. The second-order valence-corrected chi connectivity index (χ2v) is 15.9. The van der Waals surface area contributed by atoms with Crippen molar-refractivity contribution >= 4 is 80.3 Å². The molecular weight excluding hydrogens is 881 g/mol. The zero-order valence-electron chi connectivity index (χ0n) is 26.9. The summed E-state index contributed by atoms with van der Waals surface area (Å²) in [7, 11) is 0. The Bertz CT molecular complexity index is 2590. The Balaban J connectivity index is 1.46. The molecule has 0 aliphatic rings. The second kappa shape index (κ2) is 14.7. The Morgan fingerprint density at radius 1 is 0.456 bits per heavy atom. The molecule has 6 rings (SSSR count). The Hall–Kier alpha value is -5.56. The molecule has 5 aromatic heterocycles. The lowest BCUT2D eigenvalue weighted by molar-refractivity contribution is -0.161. The predicted octanol–water partition coefficient (Wildman–Crippen LogP) is 13.5. The summed E-state index contributed by atoms with van der Waals surface area (Å²) < 4.78 is 179. The number of allylic oxidation sites excluding steroid dienone is 2. The Labute approximate surface area is 330 Å². The first kappa shape index (κ1) is 41.1. The first-order chi connectivity index (χ1) is 26.6. The smallest absolute Gasteiger partial charge is 0.192 e. The highest BCUT2D eigenvalue weighted by atomic mass is 32.1. The average Bonchev–Trinajstić information content (AvgIpc) is 3.95. The molecule has 0 radical (unpaired) electrons. The van der Waals surface area contributed by atoms with Gasteiger partial charge < -0.3 is 0 Å². The van der Waals surface area contributed by atoms with Gasteiger partial charge in [0.25, 0.3) is 0 Å². The van der Waals surface area contributed by atoms with E-state index in [1.54, 1.807) is 0 Å². The van der Waals surface area contributed by atoms with E-state index in [1.807, 2.05) is 0 Å². The van der Waals surface area contributed by atoms with Crippen molar-refractivity contribution in [2.24, 2.45) is 0 Å². The summed E-state index contributed by atoms with van der Waals surface area (Å²) in [6, 6.07) is 13.1. The Morgan fingerprint density at radius 3 is 1.07 bits per heavy atom. The van der Waals surface area contributed by atoms with E-state index in [-0.39, 0.29) is 64.3 Å². The number of hydrogen-bond acceptors (Lipinski definition) is 11. The molecular formula is C34H8F12N6S5. The van der Waals surface area contributed by atoms with E-state index in [9.17, 15) is 52.7 Å². The summed E-state index contributed by atoms with van der Waals surface area (Å²) >= 11 is 2.15. The van der Waals surface area contributed by atoms with Gasteiger partial charge in [-0.15, -0.1) is 45.3 Å². The highest BCUT2D eigenvalue weighted by Crippen LogP contribution is 2.55. The highest BCUT2D eigenvalue weighted by molar-refractivity contribution is 7.25. The van der Waals surface area contributed by atoms with Crippen molar-refractivity contribution in [3.05, 3.63) is 79.6 Å². The zero-order valence-corrected chi connectivity index (χ0v) is 31.0. The van der Waals surface area contributed by atoms with Crippen LogP contribution in [0.15, 0.2) is 47.5 Å². The lowest BCUT2D eigenvalue weighted by atomic mass is 10.0. The van der Waals surface area contributed by atoms with Crippen molar-refractivity contribution < 1.29 is 52.7 Å². The molecule has 5 heterocycles. The summed E-state index contributed by atoms with van der Waals surface area (Å²) in [6.07, 6.45) is -21.3. The third-order valence-corrected chi connectivity index (χ3v) is 13.0. The van der Waals surface area contributed by atoms with Gasteiger partial charge in [-0.3, -0.25) is 0 Å². The quantitative estimate of drug-likeness (QED) is 0.121. The molecule has 0 saturated heterocycles. The average molecular weight is 889 g/mol. The molecule has 0 spiro atoms. The van der Waals surface area contributed by atoms with Gasteiger partial charge in [0, 0.05) is 40.4 Å². The number of halogens is 12. The molecule has 0 bridgehead atoms. The van der Waals surface area contributed by atoms with Gasteiger partial charge in [0.05, 0.1) is 43.7 Å². The van der Waals surface area contributed by atoms with Gasteiger partial charge in [-0.1, -0.05) is 12.1 Å². The molecule has 23 heteroatoms. The fourth-order valence-corrected chi connectivity index (χ4v) is 10.9. The van der Waals surface area contributed by atoms with Crippen molar-refractivity contribution in [1.29, 1.82) is 21.0 Å². The first-order valence-electron chi connectivity index (χ1n) is 14.7. The molecule has 1 aromatic carbocycles. The van der Waals surface area contributed by atoms with Crippen LogP contribution in [-0.4, -0.2) is 8.75 Å². The number of aromatic nitrogens is 2. The van der Waals surface area contributed by atoms with E-state index < -0.39 is 77.6 Å². The highest BCUT2D eigenvalue weighted by Gasteiger charge is 2.50. The maximum Gasteiger partial charge on any atom is 0.418 e. The third kappa shape index (κ3) is 7.77. The maximum atomic E-state index is 14.3. The van der Waals surface area contributed by atoms with Gasteiger partial charge in [0.15, 0.2) is 0 Å². The third-order valence-electron chi connectivity index (χ3n) is 7.64. The number of nitriles is 4. The molecule has 288 valence electrons. The summed E-state index contributed by atoms with van der Waals surface area (Å²) in [5.41, 5.74) is -9.12. The van der Waals surface area contributed by atoms with Crippen molar-refractivity contribution in [2.75, 3.05) is 0 Å². The minimum atomic E-state index is -5.53. The molecule has 0 unspecified atom stereocenters. The van der Waals surface area contributed by atoms with Gasteiger partial charge >= 0.3 is 24.7 Å². The SMILES string of the molecule is N#CC(C#N)=Cc1sc(-c2ccc(-c3ccc(-c4ccc(-c5sc(C=C(C#N)C#N)c(C(F)(F)F)c5C(F)(F)F)s4)c4nsnc34)s2)c(C(F)(F)F)c1C(F)(F)F. The zero-order chi connectivity index (χ0) is 41.8. The van der Waals surface area contributed by atoms with Crippen molar-refractivity contribution in [3.8, 4) is 64.7 Å². The lowest BCUT2D eigenvalue weighted by Crippen LogP contribution is -2.16. The number of alkyl halides is 12. The van der Waals surface area contributed by atoms with Gasteiger partial charge in [0.2, 0.25) is 0 Å². The molecule has 6 nitrogen and oxygen atoms in total. The van der Waals surface area contributed by atoms with Crippen LogP contribution >= 0.6 is 57.1 Å². The van der Waals surface area contributed by atoms with E-state index >= 15 is 0 Å². The fourth-order valence-electron chi connectivity index (χ4n) is 5.47. The van der Waals surface area contributed by atoms with Crippen LogP contribution in [0.25, 0.3) is 63.6 Å². The second-order valence-electron chi connectivity index (χ2n) is 11.1. The van der Waals surface area contributed by atoms with Gasteiger partial charge in [-0.25, -0.2) is 0 Å². The fraction of sp³-hybridized carbons (Fsp3) is 0.118. The molecule has 0 fully saturated rings. The molecule has 0 amide bonds. The number of rotatable bonds is 6. The van der Waals surface area contributed by atoms with Crippen LogP contribution in [0.3, 0.4) is 0 Å². The molecule has 0 aliphatic heterocycles. The van der Waals surface area contributed by atoms with E-state index in [0.717, 1.165) is 12.1 Å². The minimum Gasteiger partial charge on any atom is -0.192 e. The van der Waals surface area contributed by atoms with E-state index in [2.05, 4.69) is 8.75 Å². The molecule has 57 heavy (non-hydrogen) atoms. The topological polar surface area (TPSA) is 121 Å². The van der Waals surface area contributed by atoms with Crippen LogP contribution in [0.4, 0.5) is 52.7 Å². The standard InChI is InChI=1S/C34H8F12N6S5/c35-31(36,37)23-21(7-13(9-47)10-48)55-29(25(23)33(41,42)43)19-5-3-17(53-19)15-1-2-16(28-27(15)51-57-52-28)18-4-6-20(54-18)30-26(34(44,45)46)24(32(38,39)40)22(56-30)8-14(11-49)12-50/h1-8H. The summed E-state index contributed by atoms with van der Waals surface area (Å²) in [4.78, 5) is -3.78. The summed E-state index contributed by atoms with van der Waals surface area (Å²) in [5.74, 6) is 0. The summed E-state index contributed by atoms with van der Waals surface area (Å²) in [6.45, 7) is 0. The number of fused-ring (bicyclic) bond motifs is 1. The van der Waals surface area contributed by atoms with Crippen LogP contribution in [0.2, 0.25) is 0 Å². The van der Waals surface area contributed by atoms with E-state index in [4.69, 9.17) is 21.0 Å². The van der Waals surface area contributed by atoms with Gasteiger partial charge in [-0.2, -0.15) is 82.5 Å². The number of thiophene rings is 4. The summed E-state index contributed by atoms with van der Waals surface area (Å²) in [5, 5.41) is 36.2. The van der Waals surface area contributed by atoms with Crippen molar-refractivity contribution in [2.45, 2.75) is 24.7 Å². The van der Waals surface area contributed by atoms with Crippen molar-refractivity contribution in [3.63, 3.8) is 0 Å². The van der Waals surface area contributed by atoms with Crippen LogP contribution in [-0.2, 0) is 24.7 Å². The monoisotopic (exact) mass is 888 g/mol. The maximum absolute atomic E-state index is 14.3. The van der Waals surface area contributed by atoms with Crippen LogP contribution < -0.4 is 0 Å². The molecule has 0 atom stereocenters. The number of benzene rings is 1. The van der Waals surface area contributed by atoms with Gasteiger partial charge in [-0.05, 0) is 36.4 Å². The lowest BCUT2D eigenvalue weighted by Gasteiger charge is -2.13. The van der Waals surface area contributed by atoms with Crippen molar-refractivity contribution in [1.82, 2.24) is 8.75 Å². The molecule has 0 aliphatic carbocycles. The van der Waals surface area contributed by atoms with Crippen LogP contribution in [0.1, 0.15) is 32.0 Å². The molecule has 0 saturated carbocycles. The Morgan fingerprint density at radius 2 is 0.772 bits per heavy atom. The Kier molecular flexibility index (Phi) is 10.6. The van der Waals surface area contributed by atoms with Gasteiger partial charge in [0.1, 0.15) is 46.5 Å². The van der Waals surface area contributed by atoms with E-state index in [0.29, 0.717) is 46.6 Å². The minimum absolute atomic E-state index is 0.0808. The molecule has 6 aromatic rings. The van der Waals surface area contributed by atoms with E-state index in [1.165, 1.54) is 48.5 Å². The van der Waals surface area contributed by atoms with Crippen LogP contribution in [0, 0.1) is 45.3 Å². The number of hydrogen-bond donors (Lipinski definition) is 0. The van der Waals surface area contributed by atoms with Crippen LogP contribution in [0.5, 0.6) is 0 Å². The molecule has 0 N–H and O–H groups in total. The normalized spacial score (nSPS) is 12.1.